The molecule has 4 amide bonds. The Balaban J connectivity index is 2.04. The molecule has 1 atom stereocenters. The van der Waals surface area contributed by atoms with Crippen molar-refractivity contribution < 1.29 is 19.2 Å². The number of fused-ring (bicyclic) bond motifs is 1. The number of rotatable bonds is 6. The van der Waals surface area contributed by atoms with Crippen LogP contribution in [0.4, 0.5) is 0 Å². The van der Waals surface area contributed by atoms with E-state index in [2.05, 4.69) is 10.6 Å². The van der Waals surface area contributed by atoms with Gasteiger partial charge in [-0.15, -0.1) is 0 Å². The highest BCUT2D eigenvalue weighted by atomic mass is 35.5. The van der Waals surface area contributed by atoms with Crippen LogP contribution in [0.5, 0.6) is 0 Å². The number of benzene rings is 1. The van der Waals surface area contributed by atoms with Gasteiger partial charge in [-0.3, -0.25) is 24.1 Å². The zero-order valence-electron chi connectivity index (χ0n) is 13.7. The number of carbonyl (C=O) groups excluding carboxylic acids is 4. The van der Waals surface area contributed by atoms with Gasteiger partial charge in [-0.05, 0) is 25.5 Å². The molecule has 1 aromatic carbocycles. The van der Waals surface area contributed by atoms with E-state index in [1.807, 2.05) is 6.92 Å². The lowest BCUT2D eigenvalue weighted by Crippen LogP contribution is -2.48. The average molecular weight is 386 g/mol. The Labute approximate surface area is 154 Å². The fraction of sp³-hybridized carbons (Fsp3) is 0.375. The van der Waals surface area contributed by atoms with Crippen molar-refractivity contribution in [3.63, 3.8) is 0 Å². The second-order valence-corrected chi connectivity index (χ2v) is 6.40. The van der Waals surface area contributed by atoms with Crippen molar-refractivity contribution in [1.29, 1.82) is 0 Å². The summed E-state index contributed by atoms with van der Waals surface area (Å²) in [6.07, 6.45) is 0.770. The van der Waals surface area contributed by atoms with Gasteiger partial charge in [0.15, 0.2) is 0 Å². The Morgan fingerprint density at radius 3 is 2.12 bits per heavy atom. The quantitative estimate of drug-likeness (QED) is 0.727. The molecule has 0 radical (unpaired) electrons. The van der Waals surface area contributed by atoms with E-state index in [1.165, 1.54) is 19.1 Å². The highest BCUT2D eigenvalue weighted by Crippen LogP contribution is 2.31. The Bertz CT molecular complexity index is 710. The third kappa shape index (κ3) is 4.11. The van der Waals surface area contributed by atoms with Crippen LogP contribution in [-0.2, 0) is 9.59 Å². The summed E-state index contributed by atoms with van der Waals surface area (Å²) in [6, 6.07) is 1.83. The molecule has 0 saturated carbocycles. The Morgan fingerprint density at radius 1 is 1.12 bits per heavy atom. The fourth-order valence-electron chi connectivity index (χ4n) is 2.32. The Morgan fingerprint density at radius 2 is 1.64 bits per heavy atom. The molecule has 1 aliphatic heterocycles. The topological polar surface area (TPSA) is 95.6 Å². The van der Waals surface area contributed by atoms with Crippen molar-refractivity contribution in [2.75, 3.05) is 13.1 Å². The van der Waals surface area contributed by atoms with E-state index in [-0.39, 0.29) is 27.1 Å². The normalized spacial score (nSPS) is 14.3. The summed E-state index contributed by atoms with van der Waals surface area (Å²) in [4.78, 5) is 49.2. The van der Waals surface area contributed by atoms with Gasteiger partial charge in [0, 0.05) is 6.54 Å². The van der Waals surface area contributed by atoms with E-state index in [0.717, 1.165) is 11.3 Å². The van der Waals surface area contributed by atoms with Crippen LogP contribution in [-0.4, -0.2) is 47.7 Å². The van der Waals surface area contributed by atoms with Crippen LogP contribution in [0, 0.1) is 0 Å². The van der Waals surface area contributed by atoms with Gasteiger partial charge in [0.05, 0.1) is 21.2 Å². The predicted molar refractivity (Wildman–Crippen MR) is 92.7 cm³/mol. The lowest BCUT2D eigenvalue weighted by atomic mass is 10.1. The van der Waals surface area contributed by atoms with Crippen LogP contribution in [0.15, 0.2) is 12.1 Å². The van der Waals surface area contributed by atoms with Crippen LogP contribution in [0.1, 0.15) is 41.0 Å². The number of amides is 4. The smallest absolute Gasteiger partial charge is 0.262 e. The van der Waals surface area contributed by atoms with Crippen LogP contribution in [0.2, 0.25) is 10.0 Å². The predicted octanol–water partition coefficient (Wildman–Crippen LogP) is 1.62. The molecule has 0 saturated heterocycles. The van der Waals surface area contributed by atoms with Gasteiger partial charge in [-0.2, -0.15) is 0 Å². The Kier molecular flexibility index (Phi) is 6.02. The first kappa shape index (κ1) is 19.2. The number of hydrogen-bond acceptors (Lipinski definition) is 4. The molecule has 0 unspecified atom stereocenters. The molecule has 0 spiro atoms. The molecular weight excluding hydrogens is 369 g/mol. The number of carbonyl (C=O) groups is 4. The van der Waals surface area contributed by atoms with Gasteiger partial charge in [0.1, 0.15) is 12.6 Å². The first-order chi connectivity index (χ1) is 11.8. The van der Waals surface area contributed by atoms with E-state index in [9.17, 15) is 19.2 Å². The first-order valence-electron chi connectivity index (χ1n) is 7.68. The summed E-state index contributed by atoms with van der Waals surface area (Å²) >= 11 is 11.7. The number of nitrogens with one attached hydrogen (secondary N) is 2. The molecule has 0 bridgehead atoms. The minimum Gasteiger partial charge on any atom is -0.354 e. The molecule has 7 nitrogen and oxygen atoms in total. The van der Waals surface area contributed by atoms with E-state index in [1.54, 1.807) is 0 Å². The highest BCUT2D eigenvalue weighted by Gasteiger charge is 2.37. The SMILES string of the molecule is CCCNC(=O)[C@@H](C)NC(=O)CN1C(=O)c2cc(Cl)c(Cl)cc2C1=O. The van der Waals surface area contributed by atoms with E-state index < -0.39 is 30.3 Å². The monoisotopic (exact) mass is 385 g/mol. The maximum Gasteiger partial charge on any atom is 0.262 e. The molecule has 25 heavy (non-hydrogen) atoms. The van der Waals surface area contributed by atoms with Gasteiger partial charge in [-0.1, -0.05) is 30.1 Å². The number of halogens is 2. The molecule has 134 valence electrons. The van der Waals surface area contributed by atoms with Crippen molar-refractivity contribution in [2.45, 2.75) is 26.3 Å². The molecule has 1 aromatic rings. The van der Waals surface area contributed by atoms with Gasteiger partial charge in [0.25, 0.3) is 11.8 Å². The second kappa shape index (κ2) is 7.84. The standard InChI is InChI=1S/C16H17Cl2N3O4/c1-3-4-19-14(23)8(2)20-13(22)7-21-15(24)9-5-11(17)12(18)6-10(9)16(21)25/h5-6,8H,3-4,7H2,1-2H3,(H,19,23)(H,20,22)/t8-/m1/s1. The number of imide groups is 1. The summed E-state index contributed by atoms with van der Waals surface area (Å²) in [5.74, 6) is -2.21. The second-order valence-electron chi connectivity index (χ2n) is 5.59. The third-order valence-corrected chi connectivity index (χ3v) is 4.36. The van der Waals surface area contributed by atoms with E-state index in [0.29, 0.717) is 6.54 Å². The summed E-state index contributed by atoms with van der Waals surface area (Å²) in [6.45, 7) is 3.43. The van der Waals surface area contributed by atoms with Crippen LogP contribution >= 0.6 is 23.2 Å². The molecule has 2 N–H and O–H groups in total. The minimum atomic E-state index is -0.780. The van der Waals surface area contributed by atoms with Gasteiger partial charge in [0.2, 0.25) is 11.8 Å². The number of nitrogens with zero attached hydrogens (tertiary/aromatic N) is 1. The van der Waals surface area contributed by atoms with Gasteiger partial charge < -0.3 is 10.6 Å². The molecule has 2 rings (SSSR count). The molecule has 1 aliphatic rings. The van der Waals surface area contributed by atoms with Gasteiger partial charge >= 0.3 is 0 Å². The average Bonchev–Trinajstić information content (AvgIpc) is 2.78. The van der Waals surface area contributed by atoms with Crippen molar-refractivity contribution in [3.8, 4) is 0 Å². The number of hydrogen-bond donors (Lipinski definition) is 2. The maximum atomic E-state index is 12.3. The maximum absolute atomic E-state index is 12.3. The van der Waals surface area contributed by atoms with Crippen LogP contribution in [0.25, 0.3) is 0 Å². The third-order valence-electron chi connectivity index (χ3n) is 3.63. The van der Waals surface area contributed by atoms with Gasteiger partial charge in [-0.25, -0.2) is 0 Å². The summed E-state index contributed by atoms with van der Waals surface area (Å²) < 4.78 is 0. The zero-order valence-corrected chi connectivity index (χ0v) is 15.2. The molecule has 9 heteroatoms. The highest BCUT2D eigenvalue weighted by molar-refractivity contribution is 6.43. The minimum absolute atomic E-state index is 0.0981. The van der Waals surface area contributed by atoms with Crippen LogP contribution < -0.4 is 10.6 Å². The summed E-state index contributed by atoms with van der Waals surface area (Å²) in [5, 5.41) is 5.40. The van der Waals surface area contributed by atoms with Crippen molar-refractivity contribution in [3.05, 3.63) is 33.3 Å². The lowest BCUT2D eigenvalue weighted by molar-refractivity contribution is -0.128. The molecule has 0 fully saturated rings. The van der Waals surface area contributed by atoms with Crippen molar-refractivity contribution >= 4 is 46.8 Å². The fourth-order valence-corrected chi connectivity index (χ4v) is 2.65. The first-order valence-corrected chi connectivity index (χ1v) is 8.44. The molecule has 1 heterocycles. The zero-order chi connectivity index (χ0) is 18.7. The van der Waals surface area contributed by atoms with Crippen molar-refractivity contribution in [2.24, 2.45) is 0 Å². The lowest BCUT2D eigenvalue weighted by Gasteiger charge is -2.17. The van der Waals surface area contributed by atoms with E-state index in [4.69, 9.17) is 23.2 Å². The van der Waals surface area contributed by atoms with Crippen LogP contribution in [0.3, 0.4) is 0 Å². The van der Waals surface area contributed by atoms with E-state index >= 15 is 0 Å². The van der Waals surface area contributed by atoms with Crippen molar-refractivity contribution in [1.82, 2.24) is 15.5 Å². The summed E-state index contributed by atoms with van der Waals surface area (Å²) in [5.41, 5.74) is 0.196. The summed E-state index contributed by atoms with van der Waals surface area (Å²) in [7, 11) is 0. The largest absolute Gasteiger partial charge is 0.354 e. The molecule has 0 aliphatic carbocycles. The molecule has 0 aromatic heterocycles. The molecular formula is C16H17Cl2N3O4. The Hall–Kier alpha value is -2.12.